The minimum Gasteiger partial charge on any atom is -0.497 e. The Morgan fingerprint density at radius 3 is 2.38 bits per heavy atom. The lowest BCUT2D eigenvalue weighted by Crippen LogP contribution is -2.49. The van der Waals surface area contributed by atoms with E-state index in [0.717, 1.165) is 28.0 Å². The Kier molecular flexibility index (Phi) is 4.12. The number of hydrogen-bond donors (Lipinski definition) is 0. The van der Waals surface area contributed by atoms with Gasteiger partial charge >= 0.3 is 0 Å². The van der Waals surface area contributed by atoms with Crippen LogP contribution in [0.4, 0.5) is 0 Å². The van der Waals surface area contributed by atoms with Crippen LogP contribution >= 0.6 is 0 Å². The zero-order chi connectivity index (χ0) is 21.9. The Hall–Kier alpha value is -3.66. The third-order valence-electron chi connectivity index (χ3n) is 7.38. The van der Waals surface area contributed by atoms with Crippen molar-refractivity contribution in [1.29, 1.82) is 0 Å². The minimum atomic E-state index is -0.943. The number of amides is 2. The summed E-state index contributed by atoms with van der Waals surface area (Å²) in [6.45, 7) is 0.298. The summed E-state index contributed by atoms with van der Waals surface area (Å²) in [5.41, 5.74) is 3.21. The van der Waals surface area contributed by atoms with Crippen LogP contribution in [-0.4, -0.2) is 23.8 Å². The van der Waals surface area contributed by atoms with Crippen molar-refractivity contribution in [3.8, 4) is 5.75 Å². The molecule has 1 heterocycles. The summed E-state index contributed by atoms with van der Waals surface area (Å²) in [6, 6.07) is 25.8. The molecule has 3 aromatic rings. The number of ether oxygens (including phenoxy) is 1. The molecule has 3 aliphatic carbocycles. The standard InChI is InChI=1S/C28H23NO3/c1-32-20-13-11-19(12-14-20)24-22-15-16-28(23-10-6-5-9-21(22)23)25(24)26(30)29(27(28)31)17-18-7-3-2-4-8-18/h2-16,22,24-25H,17H2,1H3/t22-,24+,25+,28-/m1/s1. The van der Waals surface area contributed by atoms with Gasteiger partial charge in [0.1, 0.15) is 11.2 Å². The van der Waals surface area contributed by atoms with Crippen LogP contribution in [0.15, 0.2) is 91.0 Å². The number of carbonyl (C=O) groups excluding carboxylic acids is 2. The first-order valence-electron chi connectivity index (χ1n) is 11.0. The molecule has 1 spiro atoms. The quantitative estimate of drug-likeness (QED) is 0.458. The van der Waals surface area contributed by atoms with Gasteiger partial charge < -0.3 is 4.74 Å². The Labute approximate surface area is 187 Å². The first-order valence-corrected chi connectivity index (χ1v) is 11.0. The summed E-state index contributed by atoms with van der Waals surface area (Å²) < 4.78 is 5.34. The Morgan fingerprint density at radius 2 is 1.62 bits per heavy atom. The topological polar surface area (TPSA) is 46.6 Å². The second kappa shape index (κ2) is 6.92. The highest BCUT2D eigenvalue weighted by molar-refractivity contribution is 6.13. The van der Waals surface area contributed by atoms with Crippen LogP contribution in [0.25, 0.3) is 0 Å². The van der Waals surface area contributed by atoms with Gasteiger partial charge in [0.2, 0.25) is 11.8 Å². The number of methoxy groups -OCH3 is 1. The summed E-state index contributed by atoms with van der Waals surface area (Å²) in [5.74, 6) is 0.0927. The van der Waals surface area contributed by atoms with E-state index in [1.807, 2.05) is 78.9 Å². The molecule has 32 heavy (non-hydrogen) atoms. The predicted octanol–water partition coefficient (Wildman–Crippen LogP) is 4.57. The molecule has 1 aliphatic heterocycles. The molecule has 0 radical (unpaired) electrons. The van der Waals surface area contributed by atoms with E-state index in [2.05, 4.69) is 12.1 Å². The number of hydrogen-bond acceptors (Lipinski definition) is 3. The number of imide groups is 1. The van der Waals surface area contributed by atoms with Gasteiger partial charge in [0, 0.05) is 11.8 Å². The highest BCUT2D eigenvalue weighted by Gasteiger charge is 2.67. The molecular formula is C28H23NO3. The third-order valence-corrected chi connectivity index (χ3v) is 7.38. The normalized spacial score (nSPS) is 27.4. The molecule has 0 saturated carbocycles. The lowest BCUT2D eigenvalue weighted by atomic mass is 9.51. The molecule has 0 N–H and O–H groups in total. The van der Waals surface area contributed by atoms with E-state index in [1.165, 1.54) is 4.90 Å². The molecule has 4 aliphatic rings. The number of likely N-dealkylation sites (tertiary alicyclic amines) is 1. The van der Waals surface area contributed by atoms with Crippen molar-refractivity contribution >= 4 is 11.8 Å². The third kappa shape index (κ3) is 2.44. The second-order valence-electron chi connectivity index (χ2n) is 8.83. The van der Waals surface area contributed by atoms with Gasteiger partial charge in [0.15, 0.2) is 0 Å². The SMILES string of the molecule is COc1ccc([C@H]2[C@@H]3C=C[C@@]4(C(=O)N(Cc5ccccc5)C(=O)[C@H]24)c2ccccc23)cc1. The van der Waals surface area contributed by atoms with Gasteiger partial charge in [-0.25, -0.2) is 0 Å². The molecule has 2 bridgehead atoms. The average Bonchev–Trinajstić information content (AvgIpc) is 3.07. The molecule has 7 rings (SSSR count). The van der Waals surface area contributed by atoms with Crippen LogP contribution in [0.2, 0.25) is 0 Å². The van der Waals surface area contributed by atoms with E-state index in [9.17, 15) is 9.59 Å². The molecule has 1 saturated heterocycles. The Balaban J connectivity index is 1.52. The van der Waals surface area contributed by atoms with Gasteiger partial charge in [-0.2, -0.15) is 0 Å². The summed E-state index contributed by atoms with van der Waals surface area (Å²) >= 11 is 0. The molecule has 0 aromatic heterocycles. The van der Waals surface area contributed by atoms with Crippen molar-refractivity contribution in [2.24, 2.45) is 5.92 Å². The zero-order valence-electron chi connectivity index (χ0n) is 17.8. The molecule has 3 aromatic carbocycles. The molecule has 2 amide bonds. The van der Waals surface area contributed by atoms with Gasteiger partial charge in [0.25, 0.3) is 0 Å². The monoisotopic (exact) mass is 421 g/mol. The van der Waals surface area contributed by atoms with Crippen molar-refractivity contribution in [3.05, 3.63) is 113 Å². The van der Waals surface area contributed by atoms with Crippen molar-refractivity contribution < 1.29 is 14.3 Å². The highest BCUT2D eigenvalue weighted by atomic mass is 16.5. The van der Waals surface area contributed by atoms with Gasteiger partial charge in [-0.3, -0.25) is 14.5 Å². The highest BCUT2D eigenvalue weighted by Crippen LogP contribution is 2.62. The van der Waals surface area contributed by atoms with E-state index >= 15 is 0 Å². The van der Waals surface area contributed by atoms with Gasteiger partial charge in [-0.1, -0.05) is 78.9 Å². The fourth-order valence-corrected chi connectivity index (χ4v) is 5.99. The van der Waals surface area contributed by atoms with Crippen LogP contribution < -0.4 is 4.74 Å². The predicted molar refractivity (Wildman–Crippen MR) is 121 cm³/mol. The van der Waals surface area contributed by atoms with Gasteiger partial charge in [-0.15, -0.1) is 0 Å². The van der Waals surface area contributed by atoms with E-state index in [-0.39, 0.29) is 23.7 Å². The molecule has 0 unspecified atom stereocenters. The average molecular weight is 421 g/mol. The maximum Gasteiger partial charge on any atom is 0.244 e. The van der Waals surface area contributed by atoms with Crippen molar-refractivity contribution in [1.82, 2.24) is 4.90 Å². The van der Waals surface area contributed by atoms with Gasteiger partial charge in [0.05, 0.1) is 19.6 Å². The summed E-state index contributed by atoms with van der Waals surface area (Å²) in [7, 11) is 1.65. The number of carbonyl (C=O) groups is 2. The van der Waals surface area contributed by atoms with Crippen LogP contribution in [0.3, 0.4) is 0 Å². The first kappa shape index (κ1) is 19.1. The maximum absolute atomic E-state index is 14.0. The lowest BCUT2D eigenvalue weighted by Gasteiger charge is -2.48. The van der Waals surface area contributed by atoms with Crippen molar-refractivity contribution in [2.45, 2.75) is 23.8 Å². The molecule has 4 nitrogen and oxygen atoms in total. The van der Waals surface area contributed by atoms with Crippen LogP contribution in [0.1, 0.15) is 34.1 Å². The van der Waals surface area contributed by atoms with Crippen molar-refractivity contribution in [2.75, 3.05) is 7.11 Å². The molecule has 4 atom stereocenters. The molecule has 4 heteroatoms. The maximum atomic E-state index is 14.0. The molecule has 158 valence electrons. The zero-order valence-corrected chi connectivity index (χ0v) is 17.8. The fourth-order valence-electron chi connectivity index (χ4n) is 5.99. The largest absolute Gasteiger partial charge is 0.497 e. The number of nitrogens with zero attached hydrogens (tertiary/aromatic N) is 1. The minimum absolute atomic E-state index is 0.0555. The fraction of sp³-hybridized carbons (Fsp3) is 0.214. The number of allylic oxidation sites excluding steroid dienone is 1. The Bertz CT molecular complexity index is 1250. The second-order valence-corrected chi connectivity index (χ2v) is 8.83. The van der Waals surface area contributed by atoms with E-state index in [1.54, 1.807) is 7.11 Å². The van der Waals surface area contributed by atoms with Gasteiger partial charge in [-0.05, 0) is 34.4 Å². The van der Waals surface area contributed by atoms with E-state index < -0.39 is 11.3 Å². The Morgan fingerprint density at radius 1 is 0.906 bits per heavy atom. The van der Waals surface area contributed by atoms with E-state index in [4.69, 9.17) is 4.74 Å². The molecule has 1 fully saturated rings. The number of rotatable bonds is 4. The summed E-state index contributed by atoms with van der Waals surface area (Å²) in [5, 5.41) is 0. The smallest absolute Gasteiger partial charge is 0.244 e. The summed E-state index contributed by atoms with van der Waals surface area (Å²) in [6.07, 6.45) is 4.15. The summed E-state index contributed by atoms with van der Waals surface area (Å²) in [4.78, 5) is 29.4. The lowest BCUT2D eigenvalue weighted by molar-refractivity contribution is -0.140. The molecular weight excluding hydrogens is 398 g/mol. The van der Waals surface area contributed by atoms with Crippen molar-refractivity contribution in [3.63, 3.8) is 0 Å². The van der Waals surface area contributed by atoms with Crippen LogP contribution in [0.5, 0.6) is 5.75 Å². The van der Waals surface area contributed by atoms with E-state index in [0.29, 0.717) is 6.54 Å². The number of benzene rings is 3. The first-order chi connectivity index (χ1) is 15.6. The van der Waals surface area contributed by atoms with Crippen LogP contribution in [-0.2, 0) is 21.5 Å². The van der Waals surface area contributed by atoms with Crippen LogP contribution in [0, 0.1) is 5.92 Å².